The molecule has 0 heterocycles. The van der Waals surface area contributed by atoms with Crippen molar-refractivity contribution in [3.05, 3.63) is 52.5 Å². The van der Waals surface area contributed by atoms with Crippen LogP contribution in [0.15, 0.2) is 51.9 Å². The predicted molar refractivity (Wildman–Crippen MR) is 81.1 cm³/mol. The minimum absolute atomic E-state index is 0.0217. The average Bonchev–Trinajstić information content (AvgIpc) is 2.49. The average molecular weight is 392 g/mol. The summed E-state index contributed by atoms with van der Waals surface area (Å²) in [7, 11) is 0. The number of benzene rings is 2. The predicted octanol–water partition coefficient (Wildman–Crippen LogP) is 5.14. The topological polar surface area (TPSA) is 41.8 Å². The van der Waals surface area contributed by atoms with Gasteiger partial charge in [0.15, 0.2) is 0 Å². The highest BCUT2D eigenvalue weighted by Gasteiger charge is 2.43. The van der Waals surface area contributed by atoms with Crippen molar-refractivity contribution in [2.75, 3.05) is 0 Å². The van der Waals surface area contributed by atoms with Crippen LogP contribution in [0.5, 0.6) is 11.5 Å². The number of hydrogen-bond acceptors (Lipinski definition) is 3. The largest absolute Gasteiger partial charge is 0.507 e. The molecule has 0 aliphatic heterocycles. The number of hydrogen-bond donors (Lipinski definition) is 1. The molecule has 0 radical (unpaired) electrons. The van der Waals surface area contributed by atoms with Gasteiger partial charge in [0.05, 0.1) is 5.69 Å². The van der Waals surface area contributed by atoms with E-state index in [9.17, 15) is 22.7 Å². The lowest BCUT2D eigenvalue weighted by atomic mass is 10.2. The van der Waals surface area contributed by atoms with E-state index in [0.717, 1.165) is 16.6 Å². The molecular weight excluding hydrogens is 382 g/mol. The van der Waals surface area contributed by atoms with Gasteiger partial charge in [-0.2, -0.15) is 17.6 Å². The number of phenols is 1. The third-order valence-corrected chi connectivity index (χ3v) is 3.18. The minimum atomic E-state index is -4.55. The molecule has 0 bridgehead atoms. The highest BCUT2D eigenvalue weighted by molar-refractivity contribution is 9.10. The first-order chi connectivity index (χ1) is 10.8. The fourth-order valence-electron chi connectivity index (χ4n) is 1.57. The summed E-state index contributed by atoms with van der Waals surface area (Å²) in [6.45, 7) is 0. The first kappa shape index (κ1) is 17.3. The molecule has 0 fully saturated rings. The van der Waals surface area contributed by atoms with E-state index in [4.69, 9.17) is 0 Å². The highest BCUT2D eigenvalue weighted by Crippen LogP contribution is 2.28. The van der Waals surface area contributed by atoms with Crippen LogP contribution < -0.4 is 4.74 Å². The van der Waals surface area contributed by atoms with Gasteiger partial charge in [0.1, 0.15) is 11.5 Å². The molecule has 0 amide bonds. The summed E-state index contributed by atoms with van der Waals surface area (Å²) in [5.74, 6) is -0.381. The summed E-state index contributed by atoms with van der Waals surface area (Å²) in [6, 6.07) is 9.62. The Kier molecular flexibility index (Phi) is 5.25. The van der Waals surface area contributed by atoms with Crippen LogP contribution >= 0.6 is 15.9 Å². The van der Waals surface area contributed by atoms with Crippen molar-refractivity contribution in [1.82, 2.24) is 0 Å². The molecule has 0 spiro atoms. The molecule has 1 N–H and O–H groups in total. The van der Waals surface area contributed by atoms with Crippen LogP contribution in [0.1, 0.15) is 5.56 Å². The van der Waals surface area contributed by atoms with Gasteiger partial charge < -0.3 is 9.84 Å². The third-order valence-electron chi connectivity index (χ3n) is 2.69. The molecule has 122 valence electrons. The van der Waals surface area contributed by atoms with E-state index in [2.05, 4.69) is 25.7 Å². The Bertz CT molecular complexity index is 705. The monoisotopic (exact) mass is 391 g/mol. The normalized spacial score (nSPS) is 12.1. The van der Waals surface area contributed by atoms with E-state index < -0.39 is 18.3 Å². The van der Waals surface area contributed by atoms with Gasteiger partial charge in [-0.1, -0.05) is 15.9 Å². The van der Waals surface area contributed by atoms with Crippen molar-refractivity contribution in [1.29, 1.82) is 0 Å². The van der Waals surface area contributed by atoms with Crippen molar-refractivity contribution in [3.63, 3.8) is 0 Å². The number of phenolic OH excluding ortho intramolecular Hbond substituents is 1. The fourth-order valence-corrected chi connectivity index (χ4v) is 1.95. The first-order valence-corrected chi connectivity index (χ1v) is 7.05. The zero-order valence-electron chi connectivity index (χ0n) is 11.4. The number of halogens is 5. The molecule has 3 nitrogen and oxygen atoms in total. The Morgan fingerprint density at radius 2 is 1.78 bits per heavy atom. The number of aromatic hydroxyl groups is 1. The first-order valence-electron chi connectivity index (χ1n) is 6.25. The van der Waals surface area contributed by atoms with Gasteiger partial charge in [-0.15, -0.1) is 0 Å². The molecule has 2 rings (SSSR count). The van der Waals surface area contributed by atoms with E-state index in [1.54, 1.807) is 12.1 Å². The van der Waals surface area contributed by atoms with Crippen molar-refractivity contribution in [2.45, 2.75) is 12.5 Å². The van der Waals surface area contributed by atoms with Gasteiger partial charge in [0, 0.05) is 16.3 Å². The highest BCUT2D eigenvalue weighted by atomic mass is 79.9. The van der Waals surface area contributed by atoms with E-state index in [1.807, 2.05) is 0 Å². The van der Waals surface area contributed by atoms with Crippen LogP contribution in [-0.2, 0) is 0 Å². The van der Waals surface area contributed by atoms with E-state index in [-0.39, 0.29) is 5.75 Å². The molecule has 0 aromatic heterocycles. The van der Waals surface area contributed by atoms with E-state index in [0.29, 0.717) is 11.3 Å². The minimum Gasteiger partial charge on any atom is -0.507 e. The second kappa shape index (κ2) is 6.99. The van der Waals surface area contributed by atoms with Crippen LogP contribution in [0.4, 0.5) is 23.2 Å². The Morgan fingerprint density at radius 3 is 2.39 bits per heavy atom. The Labute approximate surface area is 137 Å². The van der Waals surface area contributed by atoms with Crippen LogP contribution in [-0.4, -0.2) is 23.9 Å². The van der Waals surface area contributed by atoms with Crippen LogP contribution in [0.2, 0.25) is 0 Å². The lowest BCUT2D eigenvalue weighted by molar-refractivity contribution is -0.253. The Hall–Kier alpha value is -2.09. The molecular formula is C15H10BrF4NO2. The summed E-state index contributed by atoms with van der Waals surface area (Å²) >= 11 is 3.25. The fraction of sp³-hybridized carbons (Fsp3) is 0.133. The maximum Gasteiger partial charge on any atom is 0.461 e. The van der Waals surface area contributed by atoms with Gasteiger partial charge in [0.2, 0.25) is 0 Å². The summed E-state index contributed by atoms with van der Waals surface area (Å²) in [6.07, 6.45) is -7.09. The zero-order valence-corrected chi connectivity index (χ0v) is 13.0. The lowest BCUT2D eigenvalue weighted by Gasteiger charge is -2.16. The van der Waals surface area contributed by atoms with Crippen LogP contribution in [0.25, 0.3) is 0 Å². The molecule has 2 aromatic carbocycles. The van der Waals surface area contributed by atoms with Gasteiger partial charge in [-0.05, 0) is 42.5 Å². The maximum atomic E-state index is 12.8. The molecule has 0 aliphatic rings. The summed E-state index contributed by atoms with van der Waals surface area (Å²) in [4.78, 5) is 4.05. The molecule has 0 saturated carbocycles. The summed E-state index contributed by atoms with van der Waals surface area (Å²) in [5.41, 5.74) is 0.820. The van der Waals surface area contributed by atoms with Gasteiger partial charge in [-0.25, -0.2) is 0 Å². The van der Waals surface area contributed by atoms with Gasteiger partial charge >= 0.3 is 12.5 Å². The van der Waals surface area contributed by atoms with Crippen molar-refractivity contribution < 1.29 is 27.4 Å². The lowest BCUT2D eigenvalue weighted by Crippen LogP contribution is -2.33. The Morgan fingerprint density at radius 1 is 1.13 bits per heavy atom. The summed E-state index contributed by atoms with van der Waals surface area (Å²) in [5, 5.41) is 9.65. The second-order valence-corrected chi connectivity index (χ2v) is 5.34. The number of alkyl halides is 4. The van der Waals surface area contributed by atoms with Crippen molar-refractivity contribution >= 4 is 27.8 Å². The smallest absolute Gasteiger partial charge is 0.461 e. The van der Waals surface area contributed by atoms with Crippen molar-refractivity contribution in [3.8, 4) is 11.5 Å². The SMILES string of the molecule is Oc1ccc(Br)cc1C=Nc1ccc(OC(F)(F)C(F)F)cc1. The molecule has 0 aliphatic carbocycles. The molecule has 0 unspecified atom stereocenters. The molecule has 2 aromatic rings. The standard InChI is InChI=1S/C15H10BrF4NO2/c16-10-1-6-13(22)9(7-10)8-21-11-2-4-12(5-3-11)23-15(19,20)14(17)18/h1-8,14,22H. The molecule has 23 heavy (non-hydrogen) atoms. The van der Waals surface area contributed by atoms with Gasteiger partial charge in [-0.3, -0.25) is 4.99 Å². The Balaban J connectivity index is 2.11. The number of aliphatic imine (C=N–C) groups is 1. The van der Waals surface area contributed by atoms with Crippen molar-refractivity contribution in [2.24, 2.45) is 4.99 Å². The number of nitrogens with zero attached hydrogens (tertiary/aromatic N) is 1. The molecule has 0 atom stereocenters. The number of ether oxygens (including phenoxy) is 1. The number of rotatable bonds is 5. The van der Waals surface area contributed by atoms with Crippen LogP contribution in [0.3, 0.4) is 0 Å². The van der Waals surface area contributed by atoms with E-state index >= 15 is 0 Å². The van der Waals surface area contributed by atoms with Crippen LogP contribution in [0, 0.1) is 0 Å². The zero-order chi connectivity index (χ0) is 17.0. The molecule has 0 saturated heterocycles. The third kappa shape index (κ3) is 4.69. The molecule has 8 heteroatoms. The van der Waals surface area contributed by atoms with E-state index in [1.165, 1.54) is 24.4 Å². The van der Waals surface area contributed by atoms with Gasteiger partial charge in [0.25, 0.3) is 0 Å². The maximum absolute atomic E-state index is 12.8. The summed E-state index contributed by atoms with van der Waals surface area (Å²) < 4.78 is 54.2. The second-order valence-electron chi connectivity index (χ2n) is 4.42. The quantitative estimate of drug-likeness (QED) is 0.566.